The van der Waals surface area contributed by atoms with Gasteiger partial charge in [-0.05, 0) is 30.4 Å². The smallest absolute Gasteiger partial charge is 0.0637 e. The third-order valence-electron chi connectivity index (χ3n) is 4.25. The van der Waals surface area contributed by atoms with E-state index in [1.165, 1.54) is 6.42 Å². The van der Waals surface area contributed by atoms with Gasteiger partial charge in [0.25, 0.3) is 0 Å². The molecule has 0 bridgehead atoms. The summed E-state index contributed by atoms with van der Waals surface area (Å²) in [6.07, 6.45) is 2.37. The maximum atomic E-state index is 6.35. The molecule has 4 heteroatoms. The zero-order chi connectivity index (χ0) is 15.4. The van der Waals surface area contributed by atoms with Crippen molar-refractivity contribution in [2.24, 2.45) is 5.92 Å². The molecule has 118 valence electrons. The predicted molar refractivity (Wildman–Crippen MR) is 92.2 cm³/mol. The van der Waals surface area contributed by atoms with Crippen LogP contribution in [-0.2, 0) is 6.54 Å². The Kier molecular flexibility index (Phi) is 6.36. The molecule has 1 N–H and O–H groups in total. The van der Waals surface area contributed by atoms with Gasteiger partial charge in [0.05, 0.1) is 10.0 Å². The van der Waals surface area contributed by atoms with Crippen LogP contribution in [-0.4, -0.2) is 30.1 Å². The highest BCUT2D eigenvalue weighted by Gasteiger charge is 2.27. The molecule has 0 saturated carbocycles. The second-order valence-electron chi connectivity index (χ2n) is 6.44. The van der Waals surface area contributed by atoms with Crippen molar-refractivity contribution in [3.63, 3.8) is 0 Å². The van der Waals surface area contributed by atoms with E-state index < -0.39 is 0 Å². The summed E-state index contributed by atoms with van der Waals surface area (Å²) in [5.74, 6) is 0.720. The van der Waals surface area contributed by atoms with Crippen molar-refractivity contribution in [1.29, 1.82) is 0 Å². The van der Waals surface area contributed by atoms with Gasteiger partial charge in [-0.15, -0.1) is 0 Å². The molecule has 0 radical (unpaired) electrons. The molecular formula is C17H26Cl2N2. The zero-order valence-corrected chi connectivity index (χ0v) is 14.7. The Morgan fingerprint density at radius 3 is 2.76 bits per heavy atom. The monoisotopic (exact) mass is 328 g/mol. The van der Waals surface area contributed by atoms with E-state index in [2.05, 4.69) is 37.1 Å². The van der Waals surface area contributed by atoms with Crippen LogP contribution in [0.3, 0.4) is 0 Å². The van der Waals surface area contributed by atoms with Gasteiger partial charge in [-0.3, -0.25) is 4.90 Å². The summed E-state index contributed by atoms with van der Waals surface area (Å²) in [7, 11) is 0. The summed E-state index contributed by atoms with van der Waals surface area (Å²) in [5.41, 5.74) is 1.13. The molecule has 21 heavy (non-hydrogen) atoms. The Hall–Kier alpha value is -0.280. The normalized spacial score (nSPS) is 23.7. The van der Waals surface area contributed by atoms with E-state index in [-0.39, 0.29) is 0 Å². The third-order valence-corrected chi connectivity index (χ3v) is 5.10. The number of piperazine rings is 1. The summed E-state index contributed by atoms with van der Waals surface area (Å²) in [5, 5.41) is 5.04. The highest BCUT2D eigenvalue weighted by atomic mass is 35.5. The molecule has 1 aromatic rings. The van der Waals surface area contributed by atoms with E-state index in [1.54, 1.807) is 0 Å². The highest BCUT2D eigenvalue weighted by Crippen LogP contribution is 2.28. The minimum Gasteiger partial charge on any atom is -0.311 e. The van der Waals surface area contributed by atoms with Crippen molar-refractivity contribution in [2.45, 2.75) is 52.2 Å². The number of benzene rings is 1. The van der Waals surface area contributed by atoms with Crippen LogP contribution < -0.4 is 5.32 Å². The van der Waals surface area contributed by atoms with E-state index in [0.717, 1.165) is 37.5 Å². The first-order chi connectivity index (χ1) is 10.0. The first-order valence-corrected chi connectivity index (χ1v) is 8.67. The van der Waals surface area contributed by atoms with Crippen molar-refractivity contribution >= 4 is 23.2 Å². The number of hydrogen-bond acceptors (Lipinski definition) is 2. The first kappa shape index (κ1) is 17.1. The zero-order valence-electron chi connectivity index (χ0n) is 13.2. The average molecular weight is 329 g/mol. The molecule has 0 aromatic heterocycles. The van der Waals surface area contributed by atoms with Crippen molar-refractivity contribution in [1.82, 2.24) is 10.2 Å². The number of hydrogen-bond donors (Lipinski definition) is 1. The lowest BCUT2D eigenvalue weighted by Gasteiger charge is -2.41. The molecule has 1 fully saturated rings. The average Bonchev–Trinajstić information content (AvgIpc) is 2.43. The predicted octanol–water partition coefficient (Wildman–Crippen LogP) is 4.59. The van der Waals surface area contributed by atoms with E-state index in [9.17, 15) is 0 Å². The van der Waals surface area contributed by atoms with Crippen LogP contribution in [0.25, 0.3) is 0 Å². The van der Waals surface area contributed by atoms with Gasteiger partial charge in [0, 0.05) is 31.7 Å². The molecule has 2 nitrogen and oxygen atoms in total. The van der Waals surface area contributed by atoms with E-state index >= 15 is 0 Å². The lowest BCUT2D eigenvalue weighted by Crippen LogP contribution is -2.56. The van der Waals surface area contributed by atoms with E-state index in [0.29, 0.717) is 22.1 Å². The van der Waals surface area contributed by atoms with Gasteiger partial charge in [0.2, 0.25) is 0 Å². The fraction of sp³-hybridized carbons (Fsp3) is 0.647. The molecule has 1 aliphatic rings. The molecule has 2 atom stereocenters. The largest absolute Gasteiger partial charge is 0.311 e. The van der Waals surface area contributed by atoms with Gasteiger partial charge in [-0.25, -0.2) is 0 Å². The molecule has 1 heterocycles. The van der Waals surface area contributed by atoms with E-state index in [4.69, 9.17) is 23.2 Å². The van der Waals surface area contributed by atoms with Crippen LogP contribution in [0, 0.1) is 5.92 Å². The number of halogens is 2. The molecule has 1 aromatic carbocycles. The van der Waals surface area contributed by atoms with Crippen molar-refractivity contribution in [3.05, 3.63) is 33.8 Å². The Balaban J connectivity index is 2.08. The van der Waals surface area contributed by atoms with Gasteiger partial charge >= 0.3 is 0 Å². The quantitative estimate of drug-likeness (QED) is 0.850. The van der Waals surface area contributed by atoms with Crippen molar-refractivity contribution < 1.29 is 0 Å². The molecule has 2 rings (SSSR count). The molecule has 1 aliphatic heterocycles. The number of nitrogens with one attached hydrogen (secondary N) is 1. The topological polar surface area (TPSA) is 15.3 Å². The molecule has 0 aliphatic carbocycles. The Labute approximate surface area is 138 Å². The van der Waals surface area contributed by atoms with Crippen LogP contribution in [0.5, 0.6) is 0 Å². The van der Waals surface area contributed by atoms with Gasteiger partial charge in [0.1, 0.15) is 0 Å². The lowest BCUT2D eigenvalue weighted by atomic mass is 9.98. The molecule has 0 spiro atoms. The summed E-state index contributed by atoms with van der Waals surface area (Å²) >= 11 is 12.5. The van der Waals surface area contributed by atoms with Crippen molar-refractivity contribution in [2.75, 3.05) is 13.1 Å². The standard InChI is InChI=1S/C17H26Cl2N2/c1-4-15-9-20-14(8-12(2)3)11-21(15)10-13-6-5-7-16(18)17(13)19/h5-7,12,14-15,20H,4,8-11H2,1-3H3. The fourth-order valence-electron chi connectivity index (χ4n) is 3.14. The van der Waals surface area contributed by atoms with Crippen LogP contribution >= 0.6 is 23.2 Å². The summed E-state index contributed by atoms with van der Waals surface area (Å²) < 4.78 is 0. The Bertz CT molecular complexity index is 462. The van der Waals surface area contributed by atoms with Gasteiger partial charge < -0.3 is 5.32 Å². The van der Waals surface area contributed by atoms with Gasteiger partial charge in [0.15, 0.2) is 0 Å². The highest BCUT2D eigenvalue weighted by molar-refractivity contribution is 6.42. The lowest BCUT2D eigenvalue weighted by molar-refractivity contribution is 0.111. The molecule has 2 unspecified atom stereocenters. The van der Waals surface area contributed by atoms with Crippen molar-refractivity contribution in [3.8, 4) is 0 Å². The van der Waals surface area contributed by atoms with Crippen LogP contribution in [0.1, 0.15) is 39.2 Å². The minimum absolute atomic E-state index is 0.573. The molecular weight excluding hydrogens is 303 g/mol. The second-order valence-corrected chi connectivity index (χ2v) is 7.22. The summed E-state index contributed by atoms with van der Waals surface area (Å²) in [6, 6.07) is 7.07. The maximum absolute atomic E-state index is 6.35. The minimum atomic E-state index is 0.573. The number of rotatable bonds is 5. The van der Waals surface area contributed by atoms with Crippen LogP contribution in [0.4, 0.5) is 0 Å². The fourth-order valence-corrected chi connectivity index (χ4v) is 3.52. The van der Waals surface area contributed by atoms with Crippen LogP contribution in [0.15, 0.2) is 18.2 Å². The van der Waals surface area contributed by atoms with Gasteiger partial charge in [-0.1, -0.05) is 56.1 Å². The Morgan fingerprint density at radius 2 is 2.10 bits per heavy atom. The summed E-state index contributed by atoms with van der Waals surface area (Å²) in [4.78, 5) is 2.56. The first-order valence-electron chi connectivity index (χ1n) is 7.91. The maximum Gasteiger partial charge on any atom is 0.0637 e. The molecule has 1 saturated heterocycles. The van der Waals surface area contributed by atoms with Gasteiger partial charge in [-0.2, -0.15) is 0 Å². The Morgan fingerprint density at radius 1 is 1.33 bits per heavy atom. The SMILES string of the molecule is CCC1CNC(CC(C)C)CN1Cc1cccc(Cl)c1Cl. The molecule has 0 amide bonds. The third kappa shape index (κ3) is 4.59. The summed E-state index contributed by atoms with van der Waals surface area (Å²) in [6.45, 7) is 9.85. The number of nitrogens with zero attached hydrogens (tertiary/aromatic N) is 1. The van der Waals surface area contributed by atoms with Crippen LogP contribution in [0.2, 0.25) is 10.0 Å². The second kappa shape index (κ2) is 7.82. The van der Waals surface area contributed by atoms with E-state index in [1.807, 2.05) is 12.1 Å².